The molecule has 0 amide bonds. The van der Waals surface area contributed by atoms with E-state index in [0.29, 0.717) is 15.6 Å². The molecule has 2 aromatic rings. The third-order valence-corrected chi connectivity index (χ3v) is 4.04. The van der Waals surface area contributed by atoms with E-state index in [-0.39, 0.29) is 18.4 Å². The third kappa shape index (κ3) is 4.21. The van der Waals surface area contributed by atoms with Crippen molar-refractivity contribution < 1.29 is 8.78 Å². The summed E-state index contributed by atoms with van der Waals surface area (Å²) in [5.41, 5.74) is 1.21. The molecule has 0 saturated heterocycles. The predicted molar refractivity (Wildman–Crippen MR) is 91.4 cm³/mol. The molecule has 2 rings (SSSR count). The van der Waals surface area contributed by atoms with E-state index >= 15 is 0 Å². The van der Waals surface area contributed by atoms with Gasteiger partial charge in [-0.25, -0.2) is 13.6 Å². The lowest BCUT2D eigenvalue weighted by atomic mass is 10.0. The monoisotopic (exact) mass is 395 g/mol. The fraction of sp³-hybridized carbons (Fsp3) is 0.105. The zero-order valence-electron chi connectivity index (χ0n) is 12.7. The highest BCUT2D eigenvalue weighted by molar-refractivity contribution is 9.10. The second-order valence-electron chi connectivity index (χ2n) is 4.92. The Bertz CT molecular complexity index is 1030. The Balaban J connectivity index is 2.52. The van der Waals surface area contributed by atoms with Crippen LogP contribution in [0, 0.1) is 52.7 Å². The summed E-state index contributed by atoms with van der Waals surface area (Å²) in [6, 6.07) is 9.06. The van der Waals surface area contributed by atoms with Gasteiger partial charge in [-0.15, -0.1) is 0 Å². The Morgan fingerprint density at radius 1 is 0.920 bits per heavy atom. The minimum atomic E-state index is -0.844. The van der Waals surface area contributed by atoms with E-state index in [9.17, 15) is 8.78 Å². The summed E-state index contributed by atoms with van der Waals surface area (Å²) in [6.45, 7) is 6.76. The molecule has 25 heavy (non-hydrogen) atoms. The Labute approximate surface area is 152 Å². The van der Waals surface area contributed by atoms with Gasteiger partial charge in [-0.1, -0.05) is 33.8 Å². The normalized spacial score (nSPS) is 9.28. The molecular weight excluding hydrogens is 388 g/mol. The Kier molecular flexibility index (Phi) is 5.86. The number of rotatable bonds is 2. The van der Waals surface area contributed by atoms with E-state index in [4.69, 9.17) is 17.1 Å². The van der Waals surface area contributed by atoms with Crippen LogP contribution in [0.5, 0.6) is 0 Å². The van der Waals surface area contributed by atoms with Crippen LogP contribution in [0.1, 0.15) is 22.3 Å². The van der Waals surface area contributed by atoms with Crippen LogP contribution in [0.2, 0.25) is 0 Å². The second kappa shape index (κ2) is 8.07. The Morgan fingerprint density at radius 3 is 2.20 bits per heavy atom. The van der Waals surface area contributed by atoms with Gasteiger partial charge in [-0.3, -0.25) is 0 Å². The summed E-state index contributed by atoms with van der Waals surface area (Å²) in [6.07, 6.45) is 0.244. The van der Waals surface area contributed by atoms with Gasteiger partial charge >= 0.3 is 0 Å². The third-order valence-electron chi connectivity index (χ3n) is 3.30. The highest BCUT2D eigenvalue weighted by atomic mass is 79.9. The number of benzene rings is 2. The lowest BCUT2D eigenvalue weighted by Gasteiger charge is -2.06. The highest BCUT2D eigenvalue weighted by Crippen LogP contribution is 2.24. The van der Waals surface area contributed by atoms with E-state index < -0.39 is 17.3 Å². The van der Waals surface area contributed by atoms with Crippen LogP contribution in [0.4, 0.5) is 14.5 Å². The van der Waals surface area contributed by atoms with Gasteiger partial charge in [0.05, 0.1) is 37.1 Å². The molecular formula is C19H8BrF2N3. The molecule has 0 atom stereocenters. The van der Waals surface area contributed by atoms with Gasteiger partial charge < -0.3 is 0 Å². The van der Waals surface area contributed by atoms with Crippen molar-refractivity contribution >= 4 is 21.6 Å². The number of hydrogen-bond donors (Lipinski definition) is 0. The minimum absolute atomic E-state index is 0.0726. The first-order chi connectivity index (χ1) is 12.0. The van der Waals surface area contributed by atoms with Crippen molar-refractivity contribution in [2.45, 2.75) is 12.8 Å². The van der Waals surface area contributed by atoms with Gasteiger partial charge in [-0.2, -0.15) is 10.5 Å². The van der Waals surface area contributed by atoms with E-state index in [1.54, 1.807) is 12.1 Å². The largest absolute Gasteiger partial charge is 0.235 e. The number of nitriles is 2. The van der Waals surface area contributed by atoms with Gasteiger partial charge in [0.2, 0.25) is 5.69 Å². The molecule has 2 aromatic carbocycles. The molecule has 3 nitrogen and oxygen atoms in total. The molecule has 0 fully saturated rings. The van der Waals surface area contributed by atoms with Crippen LogP contribution in [0.15, 0.2) is 28.7 Å². The standard InChI is InChI=1S/C19H8BrF2N3/c1-25-19-11-17(21)15(10-18(19)22)3-2-12-9-16(20)14(5-7-24)8-13(12)4-6-23/h8-11H,4-5H2. The molecule has 0 aliphatic heterocycles. The first-order valence-corrected chi connectivity index (χ1v) is 7.73. The van der Waals surface area contributed by atoms with Gasteiger partial charge in [0.25, 0.3) is 0 Å². The maximum absolute atomic E-state index is 13.9. The molecule has 0 aliphatic rings. The molecule has 0 unspecified atom stereocenters. The maximum atomic E-state index is 13.9. The van der Waals surface area contributed by atoms with Crippen LogP contribution >= 0.6 is 15.9 Å². The summed E-state index contributed by atoms with van der Waals surface area (Å²) in [5, 5.41) is 17.8. The molecule has 0 aliphatic carbocycles. The summed E-state index contributed by atoms with van der Waals surface area (Å²) in [5.74, 6) is 3.63. The Hall–Kier alpha value is -3.19. The van der Waals surface area contributed by atoms with E-state index in [1.807, 2.05) is 12.1 Å². The molecule has 0 bridgehead atoms. The fourth-order valence-electron chi connectivity index (χ4n) is 2.09. The van der Waals surface area contributed by atoms with Crippen molar-refractivity contribution in [2.24, 2.45) is 0 Å². The lowest BCUT2D eigenvalue weighted by Crippen LogP contribution is -1.94. The van der Waals surface area contributed by atoms with Gasteiger partial charge in [0.1, 0.15) is 11.6 Å². The lowest BCUT2D eigenvalue weighted by molar-refractivity contribution is 0.602. The smallest absolute Gasteiger partial charge is 0.225 e. The molecule has 0 heterocycles. The average molecular weight is 396 g/mol. The molecule has 0 radical (unpaired) electrons. The van der Waals surface area contributed by atoms with Gasteiger partial charge in [-0.05, 0) is 29.3 Å². The van der Waals surface area contributed by atoms with E-state index in [0.717, 1.165) is 17.7 Å². The molecule has 0 N–H and O–H groups in total. The SMILES string of the molecule is [C-]#[N+]c1cc(F)c(C#Cc2cc(Br)c(CC#N)cc2CC#N)cc1F. The van der Waals surface area contributed by atoms with Crippen molar-refractivity contribution in [1.82, 2.24) is 0 Å². The van der Waals surface area contributed by atoms with E-state index in [1.165, 1.54) is 0 Å². The molecule has 6 heteroatoms. The Morgan fingerprint density at radius 2 is 1.56 bits per heavy atom. The minimum Gasteiger partial charge on any atom is -0.235 e. The number of halogens is 3. The summed E-state index contributed by atoms with van der Waals surface area (Å²) < 4.78 is 28.2. The summed E-state index contributed by atoms with van der Waals surface area (Å²) in [4.78, 5) is 2.89. The molecule has 0 aromatic heterocycles. The number of hydrogen-bond acceptors (Lipinski definition) is 2. The zero-order chi connectivity index (χ0) is 18.4. The zero-order valence-corrected chi connectivity index (χ0v) is 14.3. The van der Waals surface area contributed by atoms with Crippen molar-refractivity contribution in [2.75, 3.05) is 0 Å². The fourth-order valence-corrected chi connectivity index (χ4v) is 2.57. The first-order valence-electron chi connectivity index (χ1n) is 6.93. The first kappa shape index (κ1) is 18.2. The van der Waals surface area contributed by atoms with Crippen molar-refractivity contribution in [1.29, 1.82) is 10.5 Å². The highest BCUT2D eigenvalue weighted by Gasteiger charge is 2.10. The topological polar surface area (TPSA) is 51.9 Å². The molecule has 0 saturated carbocycles. The van der Waals surface area contributed by atoms with Gasteiger partial charge in [0.15, 0.2) is 0 Å². The van der Waals surface area contributed by atoms with Crippen LogP contribution in [-0.4, -0.2) is 0 Å². The number of nitrogens with zero attached hydrogens (tertiary/aromatic N) is 3. The van der Waals surface area contributed by atoms with Crippen molar-refractivity contribution in [3.8, 4) is 24.0 Å². The second-order valence-corrected chi connectivity index (χ2v) is 5.77. The molecule has 0 spiro atoms. The predicted octanol–water partition coefficient (Wildman–Crippen LogP) is 4.81. The van der Waals surface area contributed by atoms with Crippen LogP contribution in [0.3, 0.4) is 0 Å². The summed E-state index contributed by atoms with van der Waals surface area (Å²) >= 11 is 3.34. The van der Waals surface area contributed by atoms with Crippen LogP contribution in [-0.2, 0) is 12.8 Å². The van der Waals surface area contributed by atoms with Crippen LogP contribution in [0.25, 0.3) is 4.85 Å². The average Bonchev–Trinajstić information content (AvgIpc) is 2.59. The molecule has 120 valence electrons. The maximum Gasteiger partial charge on any atom is 0.225 e. The quantitative estimate of drug-likeness (QED) is 0.541. The van der Waals surface area contributed by atoms with Crippen LogP contribution < -0.4 is 0 Å². The van der Waals surface area contributed by atoms with E-state index in [2.05, 4.69) is 32.6 Å². The van der Waals surface area contributed by atoms with Gasteiger partial charge in [0, 0.05) is 10.0 Å². The summed E-state index contributed by atoms with van der Waals surface area (Å²) in [7, 11) is 0. The van der Waals surface area contributed by atoms with Crippen molar-refractivity contribution in [3.05, 3.63) is 74.0 Å². The van der Waals surface area contributed by atoms with Crippen molar-refractivity contribution in [3.63, 3.8) is 0 Å².